The Hall–Kier alpha value is -3.31. The van der Waals surface area contributed by atoms with E-state index in [2.05, 4.69) is 17.0 Å². The van der Waals surface area contributed by atoms with Crippen LogP contribution in [0.25, 0.3) is 0 Å². The van der Waals surface area contributed by atoms with Gasteiger partial charge in [0, 0.05) is 42.5 Å². The molecule has 0 saturated carbocycles. The zero-order chi connectivity index (χ0) is 22.3. The molecule has 0 aromatic heterocycles. The quantitative estimate of drug-likeness (QED) is 0.528. The Balaban J connectivity index is 1.49. The molecule has 0 aliphatic carbocycles. The van der Waals surface area contributed by atoms with E-state index in [0.717, 1.165) is 49.7 Å². The normalized spacial score (nSPS) is 14.7. The lowest BCUT2D eigenvalue weighted by Gasteiger charge is -2.38. The molecular weight excluding hydrogens is 400 g/mol. The second kappa shape index (κ2) is 10.3. The van der Waals surface area contributed by atoms with Gasteiger partial charge in [-0.3, -0.25) is 9.69 Å². The van der Waals surface area contributed by atoms with E-state index in [1.165, 1.54) is 5.56 Å². The van der Waals surface area contributed by atoms with Gasteiger partial charge in [-0.25, -0.2) is 0 Å². The van der Waals surface area contributed by atoms with Crippen LogP contribution in [0.15, 0.2) is 78.9 Å². The van der Waals surface area contributed by atoms with Gasteiger partial charge in [0.1, 0.15) is 11.5 Å². The Bertz CT molecular complexity index is 1010. The highest BCUT2D eigenvalue weighted by Crippen LogP contribution is 2.28. The molecule has 166 valence electrons. The third kappa shape index (κ3) is 4.94. The van der Waals surface area contributed by atoms with Crippen LogP contribution in [0.1, 0.15) is 28.8 Å². The van der Waals surface area contributed by atoms with Crippen molar-refractivity contribution < 1.29 is 14.3 Å². The van der Waals surface area contributed by atoms with Crippen LogP contribution in [-0.4, -0.2) is 44.2 Å². The van der Waals surface area contributed by atoms with E-state index in [9.17, 15) is 4.79 Å². The summed E-state index contributed by atoms with van der Waals surface area (Å²) in [7, 11) is 3.35. The summed E-state index contributed by atoms with van der Waals surface area (Å²) in [5, 5.41) is 0. The van der Waals surface area contributed by atoms with E-state index in [1.807, 2.05) is 71.6 Å². The molecule has 32 heavy (non-hydrogen) atoms. The highest BCUT2D eigenvalue weighted by molar-refractivity contribution is 6.06. The van der Waals surface area contributed by atoms with E-state index in [0.29, 0.717) is 5.56 Å². The lowest BCUT2D eigenvalue weighted by atomic mass is 10.00. The molecule has 0 spiro atoms. The minimum atomic E-state index is 0.0297. The summed E-state index contributed by atoms with van der Waals surface area (Å²) < 4.78 is 10.8. The predicted octanol–water partition coefficient (Wildman–Crippen LogP) is 5.02. The number of likely N-dealkylation sites (tertiary alicyclic amines) is 1. The van der Waals surface area contributed by atoms with Gasteiger partial charge in [-0.1, -0.05) is 36.4 Å². The molecule has 1 aliphatic heterocycles. The molecule has 3 aromatic rings. The molecule has 1 amide bonds. The third-order valence-electron chi connectivity index (χ3n) is 6.10. The van der Waals surface area contributed by atoms with Gasteiger partial charge in [0.25, 0.3) is 5.91 Å². The second-order valence-corrected chi connectivity index (χ2v) is 8.06. The Morgan fingerprint density at radius 1 is 0.875 bits per heavy atom. The average molecular weight is 431 g/mol. The Kier molecular flexibility index (Phi) is 7.07. The number of nitrogens with zero attached hydrogens (tertiary/aromatic N) is 2. The lowest BCUT2D eigenvalue weighted by Crippen LogP contribution is -2.47. The number of carbonyl (C=O) groups is 1. The summed E-state index contributed by atoms with van der Waals surface area (Å²) in [4.78, 5) is 18.0. The number of benzene rings is 3. The first-order valence-electron chi connectivity index (χ1n) is 11.1. The van der Waals surface area contributed by atoms with Crippen LogP contribution < -0.4 is 14.4 Å². The summed E-state index contributed by atoms with van der Waals surface area (Å²) in [5.74, 6) is 1.70. The summed E-state index contributed by atoms with van der Waals surface area (Å²) in [5.41, 5.74) is 2.81. The summed E-state index contributed by atoms with van der Waals surface area (Å²) in [6, 6.07) is 25.7. The Labute approximate surface area is 190 Å². The SMILES string of the molecule is COc1ccc(C(=O)N(c2ccccc2)C2CCN(Cc3ccccc3OC)CC2)cc1. The number of amides is 1. The van der Waals surface area contributed by atoms with Crippen LogP contribution in [0.3, 0.4) is 0 Å². The van der Waals surface area contributed by atoms with Crippen molar-refractivity contribution in [3.8, 4) is 11.5 Å². The topological polar surface area (TPSA) is 42.0 Å². The zero-order valence-corrected chi connectivity index (χ0v) is 18.7. The molecule has 0 radical (unpaired) electrons. The lowest BCUT2D eigenvalue weighted by molar-refractivity contribution is 0.0958. The van der Waals surface area contributed by atoms with Gasteiger partial charge in [-0.2, -0.15) is 0 Å². The fourth-order valence-electron chi connectivity index (χ4n) is 4.37. The van der Waals surface area contributed by atoms with Gasteiger partial charge in [-0.15, -0.1) is 0 Å². The maximum atomic E-state index is 13.6. The summed E-state index contributed by atoms with van der Waals surface area (Å²) in [6.07, 6.45) is 1.85. The number of ether oxygens (including phenoxy) is 2. The van der Waals surface area contributed by atoms with Gasteiger partial charge in [0.05, 0.1) is 14.2 Å². The van der Waals surface area contributed by atoms with E-state index < -0.39 is 0 Å². The minimum Gasteiger partial charge on any atom is -0.497 e. The molecule has 3 aromatic carbocycles. The van der Waals surface area contributed by atoms with Gasteiger partial charge in [0.15, 0.2) is 0 Å². The smallest absolute Gasteiger partial charge is 0.258 e. The number of carbonyl (C=O) groups excluding carboxylic acids is 1. The van der Waals surface area contributed by atoms with Crippen molar-refractivity contribution in [2.24, 2.45) is 0 Å². The molecule has 1 heterocycles. The number of piperidine rings is 1. The fraction of sp³-hybridized carbons (Fsp3) is 0.296. The first-order chi connectivity index (χ1) is 15.7. The van der Waals surface area contributed by atoms with Crippen LogP contribution in [0.2, 0.25) is 0 Å². The largest absolute Gasteiger partial charge is 0.497 e. The number of hydrogen-bond acceptors (Lipinski definition) is 4. The van der Waals surface area contributed by atoms with Gasteiger partial charge >= 0.3 is 0 Å². The van der Waals surface area contributed by atoms with Crippen molar-refractivity contribution in [3.05, 3.63) is 90.0 Å². The molecule has 4 rings (SSSR count). The Morgan fingerprint density at radius 2 is 1.53 bits per heavy atom. The van der Waals surface area contributed by atoms with Crippen molar-refractivity contribution in [3.63, 3.8) is 0 Å². The third-order valence-corrected chi connectivity index (χ3v) is 6.10. The highest BCUT2D eigenvalue weighted by atomic mass is 16.5. The van der Waals surface area contributed by atoms with Crippen molar-refractivity contribution in [1.29, 1.82) is 0 Å². The van der Waals surface area contributed by atoms with Gasteiger partial charge in [0.2, 0.25) is 0 Å². The van der Waals surface area contributed by atoms with Crippen molar-refractivity contribution in [1.82, 2.24) is 4.90 Å². The van der Waals surface area contributed by atoms with Crippen LogP contribution in [0, 0.1) is 0 Å². The maximum Gasteiger partial charge on any atom is 0.258 e. The van der Waals surface area contributed by atoms with Crippen LogP contribution in [0.4, 0.5) is 5.69 Å². The molecule has 0 N–H and O–H groups in total. The molecule has 1 fully saturated rings. The minimum absolute atomic E-state index is 0.0297. The van der Waals surface area contributed by atoms with E-state index in [1.54, 1.807) is 14.2 Å². The van der Waals surface area contributed by atoms with Crippen molar-refractivity contribution in [2.75, 3.05) is 32.2 Å². The maximum absolute atomic E-state index is 13.6. The number of hydrogen-bond donors (Lipinski definition) is 0. The van der Waals surface area contributed by atoms with Gasteiger partial charge < -0.3 is 14.4 Å². The van der Waals surface area contributed by atoms with Crippen LogP contribution >= 0.6 is 0 Å². The van der Waals surface area contributed by atoms with Crippen molar-refractivity contribution >= 4 is 11.6 Å². The first kappa shape index (κ1) is 21.9. The van der Waals surface area contributed by atoms with Crippen molar-refractivity contribution in [2.45, 2.75) is 25.4 Å². The number of para-hydroxylation sites is 2. The van der Waals surface area contributed by atoms with E-state index >= 15 is 0 Å². The van der Waals surface area contributed by atoms with E-state index in [-0.39, 0.29) is 11.9 Å². The van der Waals surface area contributed by atoms with E-state index in [4.69, 9.17) is 9.47 Å². The van der Waals surface area contributed by atoms with Gasteiger partial charge in [-0.05, 0) is 55.3 Å². The second-order valence-electron chi connectivity index (χ2n) is 8.06. The number of rotatable bonds is 7. The molecule has 0 unspecified atom stereocenters. The molecule has 0 bridgehead atoms. The predicted molar refractivity (Wildman–Crippen MR) is 128 cm³/mol. The first-order valence-corrected chi connectivity index (χ1v) is 11.1. The van der Waals surface area contributed by atoms with Crippen LogP contribution in [-0.2, 0) is 6.54 Å². The number of anilines is 1. The number of methoxy groups -OCH3 is 2. The Morgan fingerprint density at radius 3 is 2.19 bits per heavy atom. The molecule has 0 atom stereocenters. The molecule has 5 nitrogen and oxygen atoms in total. The molecular formula is C27H30N2O3. The fourth-order valence-corrected chi connectivity index (χ4v) is 4.37. The monoisotopic (exact) mass is 430 g/mol. The molecule has 1 saturated heterocycles. The standard InChI is InChI=1S/C27H30N2O3/c1-31-25-14-12-21(13-15-25)27(30)29(23-9-4-3-5-10-23)24-16-18-28(19-17-24)20-22-8-6-7-11-26(22)32-2/h3-15,24H,16-20H2,1-2H3. The highest BCUT2D eigenvalue weighted by Gasteiger charge is 2.30. The average Bonchev–Trinajstić information content (AvgIpc) is 2.86. The molecule has 5 heteroatoms. The summed E-state index contributed by atoms with van der Waals surface area (Å²) >= 11 is 0. The summed E-state index contributed by atoms with van der Waals surface area (Å²) in [6.45, 7) is 2.72. The van der Waals surface area contributed by atoms with Crippen LogP contribution in [0.5, 0.6) is 11.5 Å². The molecule has 1 aliphatic rings. The zero-order valence-electron chi connectivity index (χ0n) is 18.7.